The van der Waals surface area contributed by atoms with Crippen LogP contribution in [0.1, 0.15) is 31.4 Å². The molecule has 0 aliphatic carbocycles. The second-order valence-corrected chi connectivity index (χ2v) is 5.38. The van der Waals surface area contributed by atoms with Crippen molar-refractivity contribution < 1.29 is 23.5 Å². The van der Waals surface area contributed by atoms with Crippen LogP contribution < -0.4 is 5.32 Å². The Bertz CT molecular complexity index is 682. The van der Waals surface area contributed by atoms with E-state index in [0.29, 0.717) is 30.1 Å². The van der Waals surface area contributed by atoms with Crippen molar-refractivity contribution >= 4 is 11.9 Å². The van der Waals surface area contributed by atoms with Gasteiger partial charge in [0, 0.05) is 18.5 Å². The zero-order chi connectivity index (χ0) is 17.4. The number of nitrogens with zero attached hydrogens (tertiary/aromatic N) is 1. The molecule has 0 saturated heterocycles. The Balaban J connectivity index is 1.72. The summed E-state index contributed by atoms with van der Waals surface area (Å²) in [5.74, 6) is -0.978. The molecule has 1 aromatic heterocycles. The van der Waals surface area contributed by atoms with Crippen LogP contribution in [0.4, 0.5) is 4.39 Å². The van der Waals surface area contributed by atoms with Crippen molar-refractivity contribution in [3.05, 3.63) is 42.0 Å². The van der Waals surface area contributed by atoms with Gasteiger partial charge in [-0.05, 0) is 37.1 Å². The number of unbranched alkanes of at least 4 members (excludes halogenated alkanes) is 2. The van der Waals surface area contributed by atoms with E-state index >= 15 is 0 Å². The third-order valence-electron chi connectivity index (χ3n) is 3.37. The molecule has 0 radical (unpaired) electrons. The first-order valence-corrected chi connectivity index (χ1v) is 7.73. The van der Waals surface area contributed by atoms with E-state index in [4.69, 9.17) is 9.52 Å². The number of carbonyl (C=O) groups excluding carboxylic acids is 1. The summed E-state index contributed by atoms with van der Waals surface area (Å²) in [6, 6.07) is 5.75. The van der Waals surface area contributed by atoms with Gasteiger partial charge in [0.15, 0.2) is 0 Å². The molecule has 0 saturated carbocycles. The summed E-state index contributed by atoms with van der Waals surface area (Å²) in [6.07, 6.45) is 3.75. The molecule has 0 aliphatic rings. The standard InChI is InChI=1S/C17H19FN2O4/c18-13-7-5-12(6-8-13)17-20-14(11-24-17)10-15(21)19-9-3-1-2-4-16(22)23/h5-8,11H,1-4,9-10H2,(H,19,21)(H,22,23). The summed E-state index contributed by atoms with van der Waals surface area (Å²) in [5, 5.41) is 11.3. The van der Waals surface area contributed by atoms with Crippen LogP contribution >= 0.6 is 0 Å². The highest BCUT2D eigenvalue weighted by molar-refractivity contribution is 5.78. The number of nitrogens with one attached hydrogen (secondary N) is 1. The molecule has 24 heavy (non-hydrogen) atoms. The fourth-order valence-corrected chi connectivity index (χ4v) is 2.15. The van der Waals surface area contributed by atoms with Gasteiger partial charge in [-0.15, -0.1) is 0 Å². The summed E-state index contributed by atoms with van der Waals surface area (Å²) >= 11 is 0. The summed E-state index contributed by atoms with van der Waals surface area (Å²) < 4.78 is 18.2. The smallest absolute Gasteiger partial charge is 0.303 e. The maximum Gasteiger partial charge on any atom is 0.303 e. The highest BCUT2D eigenvalue weighted by Crippen LogP contribution is 2.19. The number of carboxylic acid groups (broad SMARTS) is 1. The number of aromatic nitrogens is 1. The van der Waals surface area contributed by atoms with Gasteiger partial charge in [-0.2, -0.15) is 0 Å². The maximum absolute atomic E-state index is 12.9. The molecule has 2 aromatic rings. The monoisotopic (exact) mass is 334 g/mol. The minimum atomic E-state index is -0.804. The number of rotatable bonds is 9. The molecule has 0 atom stereocenters. The lowest BCUT2D eigenvalue weighted by Crippen LogP contribution is -2.26. The zero-order valence-electron chi connectivity index (χ0n) is 13.1. The van der Waals surface area contributed by atoms with E-state index in [1.54, 1.807) is 12.1 Å². The van der Waals surface area contributed by atoms with Crippen molar-refractivity contribution in [2.75, 3.05) is 6.54 Å². The largest absolute Gasteiger partial charge is 0.481 e. The molecule has 0 bridgehead atoms. The molecule has 0 spiro atoms. The fourth-order valence-electron chi connectivity index (χ4n) is 2.15. The highest BCUT2D eigenvalue weighted by Gasteiger charge is 2.10. The molecule has 7 heteroatoms. The average Bonchev–Trinajstić information content (AvgIpc) is 2.99. The number of amides is 1. The van der Waals surface area contributed by atoms with Crippen LogP contribution in [0.2, 0.25) is 0 Å². The summed E-state index contributed by atoms with van der Waals surface area (Å²) in [4.78, 5) is 26.4. The number of aliphatic carboxylic acids is 1. The minimum Gasteiger partial charge on any atom is -0.481 e. The SMILES string of the molecule is O=C(O)CCCCCNC(=O)Cc1coc(-c2ccc(F)cc2)n1. The number of halogens is 1. The van der Waals surface area contributed by atoms with Crippen molar-refractivity contribution in [1.29, 1.82) is 0 Å². The van der Waals surface area contributed by atoms with Gasteiger partial charge in [-0.3, -0.25) is 9.59 Å². The first-order chi connectivity index (χ1) is 11.5. The van der Waals surface area contributed by atoms with Crippen LogP contribution in [0, 0.1) is 5.82 Å². The van der Waals surface area contributed by atoms with Crippen molar-refractivity contribution in [3.63, 3.8) is 0 Å². The lowest BCUT2D eigenvalue weighted by molar-refractivity contribution is -0.137. The van der Waals surface area contributed by atoms with E-state index in [9.17, 15) is 14.0 Å². The van der Waals surface area contributed by atoms with Gasteiger partial charge in [0.1, 0.15) is 12.1 Å². The number of carboxylic acids is 1. The molecule has 6 nitrogen and oxygen atoms in total. The van der Waals surface area contributed by atoms with Crippen molar-refractivity contribution in [2.45, 2.75) is 32.1 Å². The topological polar surface area (TPSA) is 92.4 Å². The van der Waals surface area contributed by atoms with Crippen molar-refractivity contribution in [2.24, 2.45) is 0 Å². The molecule has 128 valence electrons. The van der Waals surface area contributed by atoms with Gasteiger partial charge in [-0.25, -0.2) is 9.37 Å². The molecule has 1 heterocycles. The third kappa shape index (κ3) is 5.83. The van der Waals surface area contributed by atoms with E-state index < -0.39 is 5.97 Å². The first kappa shape index (κ1) is 17.7. The Morgan fingerprint density at radius 3 is 2.62 bits per heavy atom. The number of hydrogen-bond donors (Lipinski definition) is 2. The van der Waals surface area contributed by atoms with Gasteiger partial charge in [-0.1, -0.05) is 6.42 Å². The fraction of sp³-hybridized carbons (Fsp3) is 0.353. The van der Waals surface area contributed by atoms with Crippen LogP contribution in [-0.4, -0.2) is 28.5 Å². The first-order valence-electron chi connectivity index (χ1n) is 7.73. The lowest BCUT2D eigenvalue weighted by atomic mass is 10.2. The second-order valence-electron chi connectivity index (χ2n) is 5.38. The predicted molar refractivity (Wildman–Crippen MR) is 84.7 cm³/mol. The molecule has 0 unspecified atom stereocenters. The van der Waals surface area contributed by atoms with E-state index in [-0.39, 0.29) is 24.6 Å². The predicted octanol–water partition coefficient (Wildman–Crippen LogP) is 2.78. The average molecular weight is 334 g/mol. The molecule has 2 rings (SSSR count). The van der Waals surface area contributed by atoms with Gasteiger partial charge < -0.3 is 14.8 Å². The van der Waals surface area contributed by atoms with Gasteiger partial charge in [0.05, 0.1) is 12.1 Å². The molecule has 1 aromatic carbocycles. The Labute approximate surface area is 138 Å². The van der Waals surface area contributed by atoms with Crippen molar-refractivity contribution in [3.8, 4) is 11.5 Å². The highest BCUT2D eigenvalue weighted by atomic mass is 19.1. The van der Waals surface area contributed by atoms with E-state index in [1.165, 1.54) is 18.4 Å². The maximum atomic E-state index is 12.9. The zero-order valence-corrected chi connectivity index (χ0v) is 13.1. The molecule has 2 N–H and O–H groups in total. The van der Waals surface area contributed by atoms with Gasteiger partial charge in [0.25, 0.3) is 0 Å². The quantitative estimate of drug-likeness (QED) is 0.688. The molecule has 1 amide bonds. The van der Waals surface area contributed by atoms with Crippen LogP contribution in [0.3, 0.4) is 0 Å². The van der Waals surface area contributed by atoms with Crippen LogP contribution in [0.25, 0.3) is 11.5 Å². The Hall–Kier alpha value is -2.70. The number of oxazole rings is 1. The Morgan fingerprint density at radius 1 is 1.17 bits per heavy atom. The lowest BCUT2D eigenvalue weighted by Gasteiger charge is -2.03. The molecule has 0 fully saturated rings. The third-order valence-corrected chi connectivity index (χ3v) is 3.37. The van der Waals surface area contributed by atoms with Gasteiger partial charge in [0.2, 0.25) is 11.8 Å². The van der Waals surface area contributed by atoms with Crippen LogP contribution in [-0.2, 0) is 16.0 Å². The summed E-state index contributed by atoms with van der Waals surface area (Å²) in [7, 11) is 0. The van der Waals surface area contributed by atoms with E-state index in [0.717, 1.165) is 12.8 Å². The Morgan fingerprint density at radius 2 is 1.92 bits per heavy atom. The van der Waals surface area contributed by atoms with E-state index in [1.807, 2.05) is 0 Å². The number of carbonyl (C=O) groups is 2. The Kier molecular flexibility index (Phi) is 6.48. The number of benzene rings is 1. The van der Waals surface area contributed by atoms with Crippen LogP contribution in [0.5, 0.6) is 0 Å². The van der Waals surface area contributed by atoms with E-state index in [2.05, 4.69) is 10.3 Å². The molecular weight excluding hydrogens is 315 g/mol. The summed E-state index contributed by atoms with van der Waals surface area (Å²) in [6.45, 7) is 0.501. The minimum absolute atomic E-state index is 0.0970. The second kappa shape index (κ2) is 8.81. The van der Waals surface area contributed by atoms with Crippen molar-refractivity contribution in [1.82, 2.24) is 10.3 Å². The van der Waals surface area contributed by atoms with Gasteiger partial charge >= 0.3 is 5.97 Å². The summed E-state index contributed by atoms with van der Waals surface area (Å²) in [5.41, 5.74) is 1.14. The normalized spacial score (nSPS) is 10.5. The number of hydrogen-bond acceptors (Lipinski definition) is 4. The van der Waals surface area contributed by atoms with Crippen LogP contribution in [0.15, 0.2) is 34.9 Å². The molecule has 0 aliphatic heterocycles. The molecular formula is C17H19FN2O4.